The summed E-state index contributed by atoms with van der Waals surface area (Å²) >= 11 is 0. The van der Waals surface area contributed by atoms with Crippen molar-refractivity contribution >= 4 is 18.3 Å². The minimum atomic E-state index is 0. The van der Waals surface area contributed by atoms with Gasteiger partial charge in [-0.15, -0.1) is 12.4 Å². The van der Waals surface area contributed by atoms with Gasteiger partial charge in [0.15, 0.2) is 0 Å². The van der Waals surface area contributed by atoms with Gasteiger partial charge in [-0.05, 0) is 38.3 Å². The summed E-state index contributed by atoms with van der Waals surface area (Å²) in [5.74, 6) is 0.281. The summed E-state index contributed by atoms with van der Waals surface area (Å²) in [7, 11) is 0. The molecule has 1 N–H and O–H groups in total. The number of piperazine rings is 1. The number of aryl methyl sites for hydroxylation is 2. The van der Waals surface area contributed by atoms with E-state index in [9.17, 15) is 4.79 Å². The molecule has 4 heteroatoms. The largest absolute Gasteiger partial charge is 0.340 e. The van der Waals surface area contributed by atoms with Crippen molar-refractivity contribution in [1.29, 1.82) is 0 Å². The molecule has 1 aliphatic heterocycles. The fraction of sp³-hybridized carbons (Fsp3) is 0.562. The smallest absolute Gasteiger partial charge is 0.223 e. The minimum Gasteiger partial charge on any atom is -0.340 e. The fourth-order valence-electron chi connectivity index (χ4n) is 2.82. The number of carbonyl (C=O) groups excluding carboxylic acids is 1. The molecular weight excluding hydrogens is 272 g/mol. The zero-order valence-corrected chi connectivity index (χ0v) is 13.4. The lowest BCUT2D eigenvalue weighted by Gasteiger charge is -2.36. The van der Waals surface area contributed by atoms with Gasteiger partial charge in [0.25, 0.3) is 0 Å². The minimum absolute atomic E-state index is 0. The van der Waals surface area contributed by atoms with Crippen molar-refractivity contribution in [2.24, 2.45) is 0 Å². The molecule has 1 fully saturated rings. The van der Waals surface area contributed by atoms with Crippen LogP contribution in [-0.2, 0) is 11.2 Å². The highest BCUT2D eigenvalue weighted by atomic mass is 35.5. The maximum absolute atomic E-state index is 12.3. The van der Waals surface area contributed by atoms with E-state index in [1.165, 1.54) is 11.1 Å². The van der Waals surface area contributed by atoms with Crippen LogP contribution in [0.4, 0.5) is 0 Å². The maximum atomic E-state index is 12.3. The normalized spacial score (nSPS) is 22.2. The SMILES string of the molecule is Cc1ccccc1CCC(=O)N1CC(C)NC(C)C1.Cl. The topological polar surface area (TPSA) is 32.3 Å². The highest BCUT2D eigenvalue weighted by Gasteiger charge is 2.24. The summed E-state index contributed by atoms with van der Waals surface area (Å²) in [6, 6.07) is 9.10. The van der Waals surface area contributed by atoms with E-state index in [-0.39, 0.29) is 18.3 Å². The van der Waals surface area contributed by atoms with Crippen LogP contribution >= 0.6 is 12.4 Å². The molecule has 1 saturated heterocycles. The monoisotopic (exact) mass is 296 g/mol. The number of carbonyl (C=O) groups is 1. The predicted octanol–water partition coefficient (Wildman–Crippen LogP) is 2.56. The van der Waals surface area contributed by atoms with E-state index in [1.54, 1.807) is 0 Å². The van der Waals surface area contributed by atoms with Crippen LogP contribution in [-0.4, -0.2) is 36.0 Å². The van der Waals surface area contributed by atoms with Gasteiger partial charge >= 0.3 is 0 Å². The lowest BCUT2D eigenvalue weighted by atomic mass is 10.0. The first-order valence-electron chi connectivity index (χ1n) is 7.14. The zero-order chi connectivity index (χ0) is 13.8. The second-order valence-corrected chi connectivity index (χ2v) is 5.69. The number of nitrogens with one attached hydrogen (secondary N) is 1. The molecule has 0 spiro atoms. The Morgan fingerprint density at radius 3 is 2.45 bits per heavy atom. The third-order valence-corrected chi connectivity index (χ3v) is 3.78. The molecule has 0 aromatic heterocycles. The van der Waals surface area contributed by atoms with Gasteiger partial charge in [0, 0.05) is 31.6 Å². The molecule has 1 aromatic carbocycles. The van der Waals surface area contributed by atoms with Gasteiger partial charge in [-0.2, -0.15) is 0 Å². The van der Waals surface area contributed by atoms with Crippen molar-refractivity contribution < 1.29 is 4.79 Å². The Balaban J connectivity index is 0.00000200. The summed E-state index contributed by atoms with van der Waals surface area (Å²) in [4.78, 5) is 14.3. The summed E-state index contributed by atoms with van der Waals surface area (Å²) < 4.78 is 0. The second kappa shape index (κ2) is 7.65. The van der Waals surface area contributed by atoms with Gasteiger partial charge in [0.2, 0.25) is 5.91 Å². The number of amides is 1. The van der Waals surface area contributed by atoms with Crippen LogP contribution in [0.5, 0.6) is 0 Å². The fourth-order valence-corrected chi connectivity index (χ4v) is 2.82. The van der Waals surface area contributed by atoms with Crippen LogP contribution in [0.25, 0.3) is 0 Å². The number of nitrogens with zero attached hydrogens (tertiary/aromatic N) is 1. The van der Waals surface area contributed by atoms with E-state index in [1.807, 2.05) is 17.0 Å². The van der Waals surface area contributed by atoms with Gasteiger partial charge < -0.3 is 10.2 Å². The quantitative estimate of drug-likeness (QED) is 0.930. The highest BCUT2D eigenvalue weighted by Crippen LogP contribution is 2.12. The van der Waals surface area contributed by atoms with Crippen molar-refractivity contribution in [2.75, 3.05) is 13.1 Å². The van der Waals surface area contributed by atoms with Crippen molar-refractivity contribution in [2.45, 2.75) is 45.7 Å². The Bertz CT molecular complexity index is 440. The first-order valence-corrected chi connectivity index (χ1v) is 7.14. The van der Waals surface area contributed by atoms with E-state index in [2.05, 4.69) is 38.2 Å². The molecule has 1 amide bonds. The molecule has 0 radical (unpaired) electrons. The standard InChI is InChI=1S/C16H24N2O.ClH/c1-12-6-4-5-7-15(12)8-9-16(19)18-10-13(2)17-14(3)11-18;/h4-7,13-14,17H,8-11H2,1-3H3;1H. The van der Waals surface area contributed by atoms with Gasteiger partial charge in [-0.25, -0.2) is 0 Å². The summed E-state index contributed by atoms with van der Waals surface area (Å²) in [5, 5.41) is 3.45. The van der Waals surface area contributed by atoms with Crippen LogP contribution in [0.3, 0.4) is 0 Å². The lowest BCUT2D eigenvalue weighted by Crippen LogP contribution is -2.55. The Morgan fingerprint density at radius 1 is 1.25 bits per heavy atom. The van der Waals surface area contributed by atoms with Crippen LogP contribution in [0.2, 0.25) is 0 Å². The second-order valence-electron chi connectivity index (χ2n) is 5.69. The number of benzene rings is 1. The summed E-state index contributed by atoms with van der Waals surface area (Å²) in [6.45, 7) is 8.04. The Morgan fingerprint density at radius 2 is 1.85 bits per heavy atom. The molecule has 1 aliphatic rings. The lowest BCUT2D eigenvalue weighted by molar-refractivity contribution is -0.132. The van der Waals surface area contributed by atoms with Gasteiger partial charge in [-0.3, -0.25) is 4.79 Å². The van der Waals surface area contributed by atoms with E-state index < -0.39 is 0 Å². The van der Waals surface area contributed by atoms with E-state index >= 15 is 0 Å². The summed E-state index contributed by atoms with van der Waals surface area (Å²) in [6.07, 6.45) is 1.46. The Hall–Kier alpha value is -1.06. The first kappa shape index (κ1) is 17.0. The molecule has 0 bridgehead atoms. The van der Waals surface area contributed by atoms with Crippen LogP contribution < -0.4 is 5.32 Å². The molecule has 1 aromatic rings. The van der Waals surface area contributed by atoms with E-state index in [4.69, 9.17) is 0 Å². The van der Waals surface area contributed by atoms with E-state index in [0.29, 0.717) is 18.5 Å². The third kappa shape index (κ3) is 4.50. The number of halogens is 1. The van der Waals surface area contributed by atoms with Crippen LogP contribution in [0, 0.1) is 6.92 Å². The van der Waals surface area contributed by atoms with Crippen LogP contribution in [0.1, 0.15) is 31.4 Å². The average molecular weight is 297 g/mol. The third-order valence-electron chi connectivity index (χ3n) is 3.78. The molecule has 112 valence electrons. The van der Waals surface area contributed by atoms with Crippen molar-refractivity contribution in [1.82, 2.24) is 10.2 Å². The van der Waals surface area contributed by atoms with Crippen LogP contribution in [0.15, 0.2) is 24.3 Å². The van der Waals surface area contributed by atoms with E-state index in [0.717, 1.165) is 19.5 Å². The van der Waals surface area contributed by atoms with Gasteiger partial charge in [0.05, 0.1) is 0 Å². The molecule has 3 nitrogen and oxygen atoms in total. The Labute approximate surface area is 128 Å². The molecule has 1 heterocycles. The van der Waals surface area contributed by atoms with Crippen molar-refractivity contribution in [3.05, 3.63) is 35.4 Å². The first-order chi connectivity index (χ1) is 9.06. The molecule has 0 aliphatic carbocycles. The number of hydrogen-bond donors (Lipinski definition) is 1. The summed E-state index contributed by atoms with van der Waals surface area (Å²) in [5.41, 5.74) is 2.56. The highest BCUT2D eigenvalue weighted by molar-refractivity contribution is 5.85. The van der Waals surface area contributed by atoms with Crippen molar-refractivity contribution in [3.63, 3.8) is 0 Å². The Kier molecular flexibility index (Phi) is 6.50. The predicted molar refractivity (Wildman–Crippen MR) is 85.4 cm³/mol. The van der Waals surface area contributed by atoms with Gasteiger partial charge in [0.1, 0.15) is 0 Å². The molecule has 2 atom stereocenters. The van der Waals surface area contributed by atoms with Gasteiger partial charge in [-0.1, -0.05) is 24.3 Å². The zero-order valence-electron chi connectivity index (χ0n) is 12.6. The molecule has 0 saturated carbocycles. The average Bonchev–Trinajstić information content (AvgIpc) is 2.36. The molecule has 2 unspecified atom stereocenters. The molecular formula is C16H25ClN2O. The molecule has 20 heavy (non-hydrogen) atoms. The number of hydrogen-bond acceptors (Lipinski definition) is 2. The maximum Gasteiger partial charge on any atom is 0.223 e. The number of rotatable bonds is 3. The van der Waals surface area contributed by atoms with Crippen molar-refractivity contribution in [3.8, 4) is 0 Å². The molecule has 2 rings (SSSR count).